The lowest BCUT2D eigenvalue weighted by Crippen LogP contribution is -2.14. The third-order valence-electron chi connectivity index (χ3n) is 2.89. The van der Waals surface area contributed by atoms with Crippen molar-refractivity contribution >= 4 is 11.9 Å². The standard InChI is InChI=1S/C14H18O7/c1-17-9-7-10(18-2)13(20-4)12(14(16)21-5)8(9)6-11(15)19-3/h7H,6H2,1-5H3. The Kier molecular flexibility index (Phi) is 5.83. The van der Waals surface area contributed by atoms with Gasteiger partial charge in [-0.25, -0.2) is 4.79 Å². The maximum Gasteiger partial charge on any atom is 0.342 e. The molecular weight excluding hydrogens is 280 g/mol. The molecule has 0 radical (unpaired) electrons. The second-order valence-corrected chi connectivity index (χ2v) is 3.91. The van der Waals surface area contributed by atoms with Gasteiger partial charge in [-0.15, -0.1) is 0 Å². The van der Waals surface area contributed by atoms with Crippen LogP contribution in [0.2, 0.25) is 0 Å². The number of carbonyl (C=O) groups is 2. The Morgan fingerprint density at radius 1 is 0.905 bits per heavy atom. The lowest BCUT2D eigenvalue weighted by Gasteiger charge is -2.18. The Morgan fingerprint density at radius 2 is 1.52 bits per heavy atom. The maximum absolute atomic E-state index is 12.1. The highest BCUT2D eigenvalue weighted by Crippen LogP contribution is 2.40. The van der Waals surface area contributed by atoms with Crippen molar-refractivity contribution in [1.29, 1.82) is 0 Å². The summed E-state index contributed by atoms with van der Waals surface area (Å²) in [5.74, 6) is -0.417. The first kappa shape index (κ1) is 16.6. The maximum atomic E-state index is 12.1. The minimum absolute atomic E-state index is 0.0709. The van der Waals surface area contributed by atoms with Crippen LogP contribution in [0.1, 0.15) is 15.9 Å². The zero-order chi connectivity index (χ0) is 16.0. The second-order valence-electron chi connectivity index (χ2n) is 3.91. The number of rotatable bonds is 6. The van der Waals surface area contributed by atoms with E-state index in [4.69, 9.17) is 18.9 Å². The van der Waals surface area contributed by atoms with Gasteiger partial charge in [0.05, 0.1) is 42.0 Å². The molecule has 0 heterocycles. The highest BCUT2D eigenvalue weighted by atomic mass is 16.5. The Balaban J connectivity index is 3.62. The summed E-state index contributed by atoms with van der Waals surface area (Å²) in [6.07, 6.45) is -0.162. The van der Waals surface area contributed by atoms with E-state index in [1.54, 1.807) is 0 Å². The van der Waals surface area contributed by atoms with Crippen LogP contribution in [-0.4, -0.2) is 47.5 Å². The van der Waals surface area contributed by atoms with Gasteiger partial charge in [0.25, 0.3) is 0 Å². The van der Waals surface area contributed by atoms with Gasteiger partial charge in [-0.3, -0.25) is 4.79 Å². The van der Waals surface area contributed by atoms with Crippen LogP contribution in [0.5, 0.6) is 17.2 Å². The third kappa shape index (κ3) is 3.36. The molecule has 0 fully saturated rings. The first-order chi connectivity index (χ1) is 10.0. The van der Waals surface area contributed by atoms with Crippen LogP contribution in [-0.2, 0) is 20.7 Å². The molecule has 1 rings (SSSR count). The molecule has 0 bridgehead atoms. The van der Waals surface area contributed by atoms with Crippen LogP contribution in [0, 0.1) is 0 Å². The zero-order valence-corrected chi connectivity index (χ0v) is 12.6. The molecule has 0 unspecified atom stereocenters. The fourth-order valence-electron chi connectivity index (χ4n) is 1.90. The predicted octanol–water partition coefficient (Wildman–Crippen LogP) is 1.21. The molecule has 0 aliphatic carbocycles. The van der Waals surface area contributed by atoms with Gasteiger partial charge >= 0.3 is 11.9 Å². The van der Waals surface area contributed by atoms with E-state index in [0.717, 1.165) is 0 Å². The molecule has 0 aliphatic rings. The van der Waals surface area contributed by atoms with E-state index in [1.165, 1.54) is 41.6 Å². The summed E-state index contributed by atoms with van der Waals surface area (Å²) in [6.45, 7) is 0. The normalized spacial score (nSPS) is 9.76. The third-order valence-corrected chi connectivity index (χ3v) is 2.89. The number of esters is 2. The van der Waals surface area contributed by atoms with Gasteiger partial charge in [0.2, 0.25) is 0 Å². The minimum Gasteiger partial charge on any atom is -0.496 e. The molecule has 7 nitrogen and oxygen atoms in total. The minimum atomic E-state index is -0.664. The average Bonchev–Trinajstić information content (AvgIpc) is 2.52. The van der Waals surface area contributed by atoms with E-state index in [9.17, 15) is 9.59 Å². The summed E-state index contributed by atoms with van der Waals surface area (Å²) in [7, 11) is 6.73. The summed E-state index contributed by atoms with van der Waals surface area (Å²) in [5, 5.41) is 0. The Hall–Kier alpha value is -2.44. The number of ether oxygens (including phenoxy) is 5. The van der Waals surface area contributed by atoms with E-state index in [2.05, 4.69) is 4.74 Å². The first-order valence-corrected chi connectivity index (χ1v) is 6.00. The van der Waals surface area contributed by atoms with Crippen molar-refractivity contribution in [2.24, 2.45) is 0 Å². The fraction of sp³-hybridized carbons (Fsp3) is 0.429. The highest BCUT2D eigenvalue weighted by Gasteiger charge is 2.27. The van der Waals surface area contributed by atoms with Crippen LogP contribution in [0.15, 0.2) is 6.07 Å². The number of methoxy groups -OCH3 is 5. The van der Waals surface area contributed by atoms with Crippen molar-refractivity contribution in [1.82, 2.24) is 0 Å². The van der Waals surface area contributed by atoms with Crippen LogP contribution in [0.4, 0.5) is 0 Å². The van der Waals surface area contributed by atoms with Gasteiger partial charge in [0.1, 0.15) is 11.3 Å². The smallest absolute Gasteiger partial charge is 0.342 e. The first-order valence-electron chi connectivity index (χ1n) is 6.00. The summed E-state index contributed by atoms with van der Waals surface area (Å²) < 4.78 is 25.0. The molecule has 0 aromatic heterocycles. The summed E-state index contributed by atoms with van der Waals surface area (Å²) in [6, 6.07) is 1.53. The molecule has 7 heteroatoms. The summed E-state index contributed by atoms with van der Waals surface area (Å²) >= 11 is 0. The molecule has 0 N–H and O–H groups in total. The van der Waals surface area contributed by atoms with E-state index in [-0.39, 0.29) is 17.7 Å². The van der Waals surface area contributed by atoms with E-state index in [0.29, 0.717) is 17.1 Å². The zero-order valence-electron chi connectivity index (χ0n) is 12.6. The second kappa shape index (κ2) is 7.37. The van der Waals surface area contributed by atoms with Crippen LogP contribution in [0.3, 0.4) is 0 Å². The molecular formula is C14H18O7. The largest absolute Gasteiger partial charge is 0.496 e. The van der Waals surface area contributed by atoms with Gasteiger partial charge < -0.3 is 23.7 Å². The van der Waals surface area contributed by atoms with E-state index < -0.39 is 11.9 Å². The fourth-order valence-corrected chi connectivity index (χ4v) is 1.90. The molecule has 0 atom stereocenters. The molecule has 0 saturated carbocycles. The molecule has 0 saturated heterocycles. The molecule has 0 amide bonds. The topological polar surface area (TPSA) is 80.3 Å². The van der Waals surface area contributed by atoms with E-state index >= 15 is 0 Å². The van der Waals surface area contributed by atoms with Gasteiger partial charge in [0.15, 0.2) is 11.5 Å². The lowest BCUT2D eigenvalue weighted by atomic mass is 10.0. The lowest BCUT2D eigenvalue weighted by molar-refractivity contribution is -0.139. The highest BCUT2D eigenvalue weighted by molar-refractivity contribution is 5.97. The molecule has 0 spiro atoms. The predicted molar refractivity (Wildman–Crippen MR) is 73.2 cm³/mol. The van der Waals surface area contributed by atoms with Crippen LogP contribution in [0.25, 0.3) is 0 Å². The van der Waals surface area contributed by atoms with Crippen LogP contribution >= 0.6 is 0 Å². The van der Waals surface area contributed by atoms with Crippen molar-refractivity contribution in [3.8, 4) is 17.2 Å². The van der Waals surface area contributed by atoms with Crippen LogP contribution < -0.4 is 14.2 Å². The molecule has 21 heavy (non-hydrogen) atoms. The number of hydrogen-bond donors (Lipinski definition) is 0. The summed E-state index contributed by atoms with van der Waals surface area (Å²) in [5.41, 5.74) is 0.385. The number of benzene rings is 1. The SMILES string of the molecule is COC(=O)Cc1c(OC)cc(OC)c(OC)c1C(=O)OC. The molecule has 1 aromatic rings. The molecule has 1 aromatic carbocycles. The molecule has 0 aliphatic heterocycles. The average molecular weight is 298 g/mol. The van der Waals surface area contributed by atoms with E-state index in [1.807, 2.05) is 0 Å². The van der Waals surface area contributed by atoms with Crippen molar-refractivity contribution in [2.75, 3.05) is 35.5 Å². The number of carbonyl (C=O) groups excluding carboxylic acids is 2. The summed E-state index contributed by atoms with van der Waals surface area (Å²) in [4.78, 5) is 23.6. The van der Waals surface area contributed by atoms with Crippen molar-refractivity contribution < 1.29 is 33.3 Å². The van der Waals surface area contributed by atoms with Gasteiger partial charge in [-0.2, -0.15) is 0 Å². The van der Waals surface area contributed by atoms with Crippen molar-refractivity contribution in [2.45, 2.75) is 6.42 Å². The molecule has 116 valence electrons. The van der Waals surface area contributed by atoms with Gasteiger partial charge in [-0.05, 0) is 0 Å². The van der Waals surface area contributed by atoms with Crippen molar-refractivity contribution in [3.05, 3.63) is 17.2 Å². The monoisotopic (exact) mass is 298 g/mol. The number of hydrogen-bond acceptors (Lipinski definition) is 7. The van der Waals surface area contributed by atoms with Gasteiger partial charge in [-0.1, -0.05) is 0 Å². The van der Waals surface area contributed by atoms with Gasteiger partial charge in [0, 0.05) is 11.6 Å². The Labute approximate surface area is 122 Å². The Bertz CT molecular complexity index is 537. The Morgan fingerprint density at radius 3 is 1.95 bits per heavy atom. The quantitative estimate of drug-likeness (QED) is 0.730. The van der Waals surface area contributed by atoms with Crippen molar-refractivity contribution in [3.63, 3.8) is 0 Å².